The van der Waals surface area contributed by atoms with Crippen molar-refractivity contribution in [3.8, 4) is 11.3 Å². The number of aryl methyl sites for hydroxylation is 1. The number of hydrogen-bond acceptors (Lipinski definition) is 5. The van der Waals surface area contributed by atoms with Crippen molar-refractivity contribution < 1.29 is 14.6 Å². The fourth-order valence-electron chi connectivity index (χ4n) is 1.92. The van der Waals surface area contributed by atoms with Crippen LogP contribution in [0.5, 0.6) is 0 Å². The number of benzene rings is 1. The number of carbonyl (C=O) groups excluding carboxylic acids is 1. The Bertz CT molecular complexity index is 610. The summed E-state index contributed by atoms with van der Waals surface area (Å²) in [5.41, 5.74) is 1.50. The molecule has 1 aromatic carbocycles. The Morgan fingerprint density at radius 3 is 2.71 bits per heavy atom. The minimum atomic E-state index is -0.516. The van der Waals surface area contributed by atoms with Crippen LogP contribution in [0.2, 0.25) is 5.02 Å². The van der Waals surface area contributed by atoms with Crippen molar-refractivity contribution in [2.75, 3.05) is 13.2 Å². The Labute approximate surface area is 127 Å². The number of aromatic nitrogens is 3. The van der Waals surface area contributed by atoms with Crippen molar-refractivity contribution in [3.05, 3.63) is 35.0 Å². The van der Waals surface area contributed by atoms with E-state index in [2.05, 4.69) is 10.3 Å². The van der Waals surface area contributed by atoms with Gasteiger partial charge in [-0.25, -0.2) is 9.48 Å². The molecule has 0 saturated carbocycles. The average molecular weight is 310 g/mol. The van der Waals surface area contributed by atoms with Gasteiger partial charge in [0.05, 0.1) is 6.61 Å². The van der Waals surface area contributed by atoms with Crippen LogP contribution in [0.4, 0.5) is 0 Å². The molecule has 1 aromatic heterocycles. The molecule has 6 nitrogen and oxygen atoms in total. The number of carbonyl (C=O) groups is 1. The first-order chi connectivity index (χ1) is 10.2. The highest BCUT2D eigenvalue weighted by atomic mass is 35.5. The van der Waals surface area contributed by atoms with Crippen molar-refractivity contribution in [3.63, 3.8) is 0 Å². The van der Waals surface area contributed by atoms with E-state index in [0.29, 0.717) is 23.7 Å². The Kier molecular flexibility index (Phi) is 5.30. The van der Waals surface area contributed by atoms with Gasteiger partial charge >= 0.3 is 5.97 Å². The molecule has 21 heavy (non-hydrogen) atoms. The van der Waals surface area contributed by atoms with Gasteiger partial charge in [0.15, 0.2) is 5.69 Å². The van der Waals surface area contributed by atoms with Gasteiger partial charge in [-0.2, -0.15) is 0 Å². The molecular weight excluding hydrogens is 294 g/mol. The normalized spacial score (nSPS) is 10.6. The molecule has 0 unspecified atom stereocenters. The van der Waals surface area contributed by atoms with Gasteiger partial charge in [0.2, 0.25) is 0 Å². The topological polar surface area (TPSA) is 77.2 Å². The van der Waals surface area contributed by atoms with E-state index in [4.69, 9.17) is 21.4 Å². The van der Waals surface area contributed by atoms with Crippen molar-refractivity contribution >= 4 is 17.6 Å². The van der Waals surface area contributed by atoms with E-state index in [1.165, 1.54) is 0 Å². The lowest BCUT2D eigenvalue weighted by Crippen LogP contribution is -2.09. The van der Waals surface area contributed by atoms with Crippen molar-refractivity contribution in [2.24, 2.45) is 0 Å². The Morgan fingerprint density at radius 1 is 1.38 bits per heavy atom. The first-order valence-electron chi connectivity index (χ1n) is 6.64. The molecule has 0 atom stereocenters. The van der Waals surface area contributed by atoms with Gasteiger partial charge in [-0.3, -0.25) is 0 Å². The summed E-state index contributed by atoms with van der Waals surface area (Å²) in [6.07, 6.45) is 0.520. The van der Waals surface area contributed by atoms with Gasteiger partial charge in [0, 0.05) is 23.7 Å². The smallest absolute Gasteiger partial charge is 0.361 e. The monoisotopic (exact) mass is 309 g/mol. The van der Waals surface area contributed by atoms with Gasteiger partial charge in [0.25, 0.3) is 0 Å². The van der Waals surface area contributed by atoms with Crippen LogP contribution in [-0.4, -0.2) is 39.3 Å². The highest BCUT2D eigenvalue weighted by Crippen LogP contribution is 2.24. The average Bonchev–Trinajstić information content (AvgIpc) is 2.90. The Hall–Kier alpha value is -1.92. The number of esters is 1. The highest BCUT2D eigenvalue weighted by molar-refractivity contribution is 6.30. The molecule has 0 amide bonds. The molecule has 1 heterocycles. The predicted molar refractivity (Wildman–Crippen MR) is 78.1 cm³/mol. The zero-order valence-corrected chi connectivity index (χ0v) is 12.4. The third-order valence-corrected chi connectivity index (χ3v) is 3.10. The van der Waals surface area contributed by atoms with Crippen molar-refractivity contribution in [1.29, 1.82) is 0 Å². The number of rotatable bonds is 6. The summed E-state index contributed by atoms with van der Waals surface area (Å²) in [6.45, 7) is 2.49. The van der Waals surface area contributed by atoms with E-state index in [-0.39, 0.29) is 18.9 Å². The van der Waals surface area contributed by atoms with Crippen LogP contribution in [-0.2, 0) is 11.3 Å². The molecule has 0 aliphatic heterocycles. The number of hydrogen-bond donors (Lipinski definition) is 1. The quantitative estimate of drug-likeness (QED) is 0.827. The molecule has 0 saturated heterocycles. The van der Waals surface area contributed by atoms with Gasteiger partial charge in [-0.1, -0.05) is 28.9 Å². The third kappa shape index (κ3) is 3.59. The van der Waals surface area contributed by atoms with Crippen LogP contribution in [0.1, 0.15) is 23.8 Å². The molecule has 0 fully saturated rings. The molecular formula is C14H16ClN3O3. The number of aliphatic hydroxyl groups is 1. The minimum absolute atomic E-state index is 0.0364. The number of aliphatic hydroxyl groups excluding tert-OH is 1. The molecule has 0 spiro atoms. The molecule has 2 rings (SSSR count). The molecule has 2 aromatic rings. The third-order valence-electron chi connectivity index (χ3n) is 2.85. The maximum Gasteiger partial charge on any atom is 0.361 e. The van der Waals surface area contributed by atoms with Crippen molar-refractivity contribution in [1.82, 2.24) is 15.0 Å². The summed E-state index contributed by atoms with van der Waals surface area (Å²) in [6, 6.07) is 7.04. The first-order valence-corrected chi connectivity index (χ1v) is 7.02. The fraction of sp³-hybridized carbons (Fsp3) is 0.357. The number of ether oxygens (including phenoxy) is 1. The molecule has 0 radical (unpaired) electrons. The summed E-state index contributed by atoms with van der Waals surface area (Å²) >= 11 is 5.89. The van der Waals surface area contributed by atoms with Crippen LogP contribution >= 0.6 is 11.6 Å². The summed E-state index contributed by atoms with van der Waals surface area (Å²) in [4.78, 5) is 12.0. The van der Waals surface area contributed by atoms with Crippen LogP contribution in [0.15, 0.2) is 24.3 Å². The zero-order valence-electron chi connectivity index (χ0n) is 11.6. The summed E-state index contributed by atoms with van der Waals surface area (Å²) < 4.78 is 6.59. The molecule has 0 aliphatic rings. The number of halogens is 1. The van der Waals surface area contributed by atoms with E-state index < -0.39 is 5.97 Å². The molecule has 1 N–H and O–H groups in total. The molecule has 7 heteroatoms. The second kappa shape index (κ2) is 7.19. The first kappa shape index (κ1) is 15.5. The highest BCUT2D eigenvalue weighted by Gasteiger charge is 2.22. The van der Waals surface area contributed by atoms with Gasteiger partial charge < -0.3 is 9.84 Å². The summed E-state index contributed by atoms with van der Waals surface area (Å²) in [5, 5.41) is 17.4. The molecule has 0 aliphatic carbocycles. The van der Waals surface area contributed by atoms with Crippen LogP contribution in [0, 0.1) is 0 Å². The fourth-order valence-corrected chi connectivity index (χ4v) is 2.05. The van der Waals surface area contributed by atoms with Gasteiger partial charge in [0.1, 0.15) is 5.69 Å². The second-order valence-electron chi connectivity index (χ2n) is 4.31. The maximum absolute atomic E-state index is 12.0. The van der Waals surface area contributed by atoms with Gasteiger partial charge in [-0.05, 0) is 25.5 Å². The lowest BCUT2D eigenvalue weighted by molar-refractivity contribution is 0.0520. The maximum atomic E-state index is 12.0. The SMILES string of the molecule is CCOC(=O)c1nnn(CCCO)c1-c1ccc(Cl)cc1. The Morgan fingerprint density at radius 2 is 2.10 bits per heavy atom. The summed E-state index contributed by atoms with van der Waals surface area (Å²) in [5.74, 6) is -0.516. The standard InChI is InChI=1S/C14H16ClN3O3/c1-2-21-14(20)12-13(10-4-6-11(15)7-5-10)18(17-16-12)8-3-9-19/h4-7,19H,2-3,8-9H2,1H3. The largest absolute Gasteiger partial charge is 0.461 e. The van der Waals surface area contributed by atoms with Crippen LogP contribution < -0.4 is 0 Å². The van der Waals surface area contributed by atoms with Gasteiger partial charge in [-0.15, -0.1) is 5.10 Å². The zero-order chi connectivity index (χ0) is 15.2. The Balaban J connectivity index is 2.44. The van der Waals surface area contributed by atoms with E-state index >= 15 is 0 Å². The lowest BCUT2D eigenvalue weighted by atomic mass is 10.1. The van der Waals surface area contributed by atoms with E-state index in [1.807, 2.05) is 0 Å². The number of nitrogens with zero attached hydrogens (tertiary/aromatic N) is 3. The predicted octanol–water partition coefficient (Wildman–Crippen LogP) is 2.16. The van der Waals surface area contributed by atoms with E-state index in [9.17, 15) is 4.79 Å². The lowest BCUT2D eigenvalue weighted by Gasteiger charge is -2.07. The van der Waals surface area contributed by atoms with Crippen LogP contribution in [0.25, 0.3) is 11.3 Å². The second-order valence-corrected chi connectivity index (χ2v) is 4.75. The van der Waals surface area contributed by atoms with Crippen LogP contribution in [0.3, 0.4) is 0 Å². The van der Waals surface area contributed by atoms with E-state index in [1.54, 1.807) is 35.9 Å². The van der Waals surface area contributed by atoms with E-state index in [0.717, 1.165) is 5.56 Å². The molecule has 112 valence electrons. The minimum Gasteiger partial charge on any atom is -0.461 e. The summed E-state index contributed by atoms with van der Waals surface area (Å²) in [7, 11) is 0. The molecule has 0 bridgehead atoms. The van der Waals surface area contributed by atoms with Crippen molar-refractivity contribution in [2.45, 2.75) is 19.9 Å².